The van der Waals surface area contributed by atoms with Crippen molar-refractivity contribution in [1.29, 1.82) is 0 Å². The monoisotopic (exact) mass is 339 g/mol. The van der Waals surface area contributed by atoms with Crippen LogP contribution in [0.3, 0.4) is 0 Å². The lowest BCUT2D eigenvalue weighted by Crippen LogP contribution is -2.50. The SMILES string of the molecule is CC(C(=O)N1CCCCC1)N1CCC(c2c[nH]c3ccccc23)CC1. The van der Waals surface area contributed by atoms with E-state index in [1.165, 1.54) is 35.7 Å². The minimum absolute atomic E-state index is 0.0296. The molecule has 2 fully saturated rings. The fourth-order valence-corrected chi connectivity index (χ4v) is 4.56. The molecule has 2 aliphatic heterocycles. The van der Waals surface area contributed by atoms with Crippen LogP contribution < -0.4 is 0 Å². The highest BCUT2D eigenvalue weighted by molar-refractivity contribution is 5.83. The van der Waals surface area contributed by atoms with Crippen molar-refractivity contribution >= 4 is 16.8 Å². The van der Waals surface area contributed by atoms with Gasteiger partial charge in [0.05, 0.1) is 6.04 Å². The number of aromatic nitrogens is 1. The number of benzene rings is 1. The third kappa shape index (κ3) is 3.32. The average molecular weight is 339 g/mol. The number of fused-ring (bicyclic) bond motifs is 1. The number of likely N-dealkylation sites (tertiary alicyclic amines) is 2. The van der Waals surface area contributed by atoms with Crippen LogP contribution in [0, 0.1) is 0 Å². The molecular formula is C21H29N3O. The molecule has 4 heteroatoms. The van der Waals surface area contributed by atoms with E-state index in [2.05, 4.69) is 52.2 Å². The first kappa shape index (κ1) is 16.6. The minimum Gasteiger partial charge on any atom is -0.361 e. The topological polar surface area (TPSA) is 39.3 Å². The summed E-state index contributed by atoms with van der Waals surface area (Å²) in [6.45, 7) is 6.04. The fourth-order valence-electron chi connectivity index (χ4n) is 4.56. The number of hydrogen-bond acceptors (Lipinski definition) is 2. The summed E-state index contributed by atoms with van der Waals surface area (Å²) in [6.07, 6.45) is 8.07. The van der Waals surface area contributed by atoms with Crippen molar-refractivity contribution in [3.8, 4) is 0 Å². The first-order valence-corrected chi connectivity index (χ1v) is 9.83. The molecule has 2 aromatic rings. The predicted octanol–water partition coefficient (Wildman–Crippen LogP) is 3.75. The highest BCUT2D eigenvalue weighted by atomic mass is 16.2. The normalized spacial score (nSPS) is 21.6. The number of para-hydroxylation sites is 1. The number of aromatic amines is 1. The predicted molar refractivity (Wildman–Crippen MR) is 102 cm³/mol. The summed E-state index contributed by atoms with van der Waals surface area (Å²) < 4.78 is 0. The molecule has 1 aromatic heterocycles. The lowest BCUT2D eigenvalue weighted by Gasteiger charge is -2.38. The van der Waals surface area contributed by atoms with Crippen molar-refractivity contribution in [3.05, 3.63) is 36.0 Å². The van der Waals surface area contributed by atoms with Crippen molar-refractivity contribution in [3.63, 3.8) is 0 Å². The van der Waals surface area contributed by atoms with Gasteiger partial charge in [0.15, 0.2) is 0 Å². The second-order valence-corrected chi connectivity index (χ2v) is 7.66. The smallest absolute Gasteiger partial charge is 0.239 e. The molecule has 1 unspecified atom stereocenters. The Morgan fingerprint density at radius 2 is 1.80 bits per heavy atom. The van der Waals surface area contributed by atoms with Gasteiger partial charge in [-0.3, -0.25) is 9.69 Å². The van der Waals surface area contributed by atoms with Crippen LogP contribution in [0.5, 0.6) is 0 Å². The third-order valence-corrected chi connectivity index (χ3v) is 6.16. The quantitative estimate of drug-likeness (QED) is 0.925. The Morgan fingerprint density at radius 3 is 2.56 bits per heavy atom. The van der Waals surface area contributed by atoms with Crippen molar-refractivity contribution in [2.24, 2.45) is 0 Å². The van der Waals surface area contributed by atoms with Crippen LogP contribution in [-0.2, 0) is 4.79 Å². The number of nitrogens with zero attached hydrogens (tertiary/aromatic N) is 2. The van der Waals surface area contributed by atoms with Gasteiger partial charge < -0.3 is 9.88 Å². The van der Waals surface area contributed by atoms with Crippen LogP contribution >= 0.6 is 0 Å². The van der Waals surface area contributed by atoms with Crippen LogP contribution in [0.15, 0.2) is 30.5 Å². The Morgan fingerprint density at radius 1 is 1.08 bits per heavy atom. The number of carbonyl (C=O) groups excluding carboxylic acids is 1. The Labute approximate surface area is 150 Å². The molecule has 1 N–H and O–H groups in total. The van der Waals surface area contributed by atoms with Gasteiger partial charge in [-0.15, -0.1) is 0 Å². The van der Waals surface area contributed by atoms with Crippen LogP contribution in [-0.4, -0.2) is 52.9 Å². The number of hydrogen-bond donors (Lipinski definition) is 1. The summed E-state index contributed by atoms with van der Waals surface area (Å²) in [7, 11) is 0. The zero-order valence-electron chi connectivity index (χ0n) is 15.2. The average Bonchev–Trinajstić information content (AvgIpc) is 3.12. The van der Waals surface area contributed by atoms with Gasteiger partial charge in [-0.25, -0.2) is 0 Å². The summed E-state index contributed by atoms with van der Waals surface area (Å²) >= 11 is 0. The van der Waals surface area contributed by atoms with Gasteiger partial charge in [-0.1, -0.05) is 18.2 Å². The second-order valence-electron chi connectivity index (χ2n) is 7.66. The van der Waals surface area contributed by atoms with Crippen LogP contribution in [0.2, 0.25) is 0 Å². The minimum atomic E-state index is 0.0296. The zero-order valence-corrected chi connectivity index (χ0v) is 15.2. The van der Waals surface area contributed by atoms with Crippen LogP contribution in [0.25, 0.3) is 10.9 Å². The summed E-state index contributed by atoms with van der Waals surface area (Å²) in [5.74, 6) is 0.940. The summed E-state index contributed by atoms with van der Waals surface area (Å²) in [4.78, 5) is 20.6. The van der Waals surface area contributed by atoms with E-state index in [0.717, 1.165) is 39.0 Å². The van der Waals surface area contributed by atoms with E-state index in [1.807, 2.05) is 0 Å². The van der Waals surface area contributed by atoms with Gasteiger partial charge in [0, 0.05) is 30.2 Å². The standard InChI is InChI=1S/C21H29N3O/c1-16(21(25)24-11-5-2-6-12-24)23-13-9-17(10-14-23)19-15-22-20-8-4-3-7-18(19)20/h3-4,7-8,15-17,22H,2,5-6,9-14H2,1H3. The van der Waals surface area contributed by atoms with Gasteiger partial charge in [-0.05, 0) is 69.7 Å². The Kier molecular flexibility index (Phi) is 4.80. The lowest BCUT2D eigenvalue weighted by atomic mass is 9.88. The molecule has 0 bridgehead atoms. The molecule has 2 aliphatic rings. The van der Waals surface area contributed by atoms with Gasteiger partial charge >= 0.3 is 0 Å². The molecule has 0 radical (unpaired) electrons. The molecule has 2 saturated heterocycles. The zero-order chi connectivity index (χ0) is 17.2. The number of piperidine rings is 2. The first-order valence-electron chi connectivity index (χ1n) is 9.83. The second kappa shape index (κ2) is 7.20. The molecule has 1 amide bonds. The van der Waals surface area contributed by atoms with Crippen molar-refractivity contribution in [2.45, 2.75) is 51.0 Å². The maximum Gasteiger partial charge on any atom is 0.239 e. The molecule has 1 aromatic carbocycles. The van der Waals surface area contributed by atoms with Crippen LogP contribution in [0.1, 0.15) is 50.5 Å². The third-order valence-electron chi connectivity index (χ3n) is 6.16. The number of amides is 1. The Balaban J connectivity index is 1.38. The van der Waals surface area contributed by atoms with Gasteiger partial charge in [0.25, 0.3) is 0 Å². The number of nitrogens with one attached hydrogen (secondary N) is 1. The maximum absolute atomic E-state index is 12.8. The van der Waals surface area contributed by atoms with Crippen LogP contribution in [0.4, 0.5) is 0 Å². The Hall–Kier alpha value is -1.81. The molecule has 25 heavy (non-hydrogen) atoms. The lowest BCUT2D eigenvalue weighted by molar-refractivity contribution is -0.137. The molecule has 134 valence electrons. The molecule has 0 saturated carbocycles. The van der Waals surface area contributed by atoms with Crippen molar-refractivity contribution in [2.75, 3.05) is 26.2 Å². The van der Waals surface area contributed by atoms with Gasteiger partial charge in [-0.2, -0.15) is 0 Å². The number of carbonyl (C=O) groups is 1. The molecule has 3 heterocycles. The van der Waals surface area contributed by atoms with E-state index in [9.17, 15) is 4.79 Å². The molecule has 1 atom stereocenters. The van der Waals surface area contributed by atoms with Crippen molar-refractivity contribution < 1.29 is 4.79 Å². The van der Waals surface area contributed by atoms with Gasteiger partial charge in [0.2, 0.25) is 5.91 Å². The molecular weight excluding hydrogens is 310 g/mol. The highest BCUT2D eigenvalue weighted by Crippen LogP contribution is 2.33. The Bertz CT molecular complexity index is 724. The van der Waals surface area contributed by atoms with E-state index < -0.39 is 0 Å². The molecule has 4 nitrogen and oxygen atoms in total. The molecule has 0 spiro atoms. The largest absolute Gasteiger partial charge is 0.361 e. The fraction of sp³-hybridized carbons (Fsp3) is 0.571. The molecule has 4 rings (SSSR count). The van der Waals surface area contributed by atoms with E-state index >= 15 is 0 Å². The number of rotatable bonds is 3. The summed E-state index contributed by atoms with van der Waals surface area (Å²) in [5, 5.41) is 1.36. The summed E-state index contributed by atoms with van der Waals surface area (Å²) in [5.41, 5.74) is 2.68. The summed E-state index contributed by atoms with van der Waals surface area (Å²) in [6, 6.07) is 8.60. The number of H-pyrrole nitrogens is 1. The van der Waals surface area contributed by atoms with E-state index in [-0.39, 0.29) is 6.04 Å². The maximum atomic E-state index is 12.8. The highest BCUT2D eigenvalue weighted by Gasteiger charge is 2.30. The first-order chi connectivity index (χ1) is 12.2. The van der Waals surface area contributed by atoms with Crippen molar-refractivity contribution in [1.82, 2.24) is 14.8 Å². The van der Waals surface area contributed by atoms with Gasteiger partial charge in [0.1, 0.15) is 0 Å². The van der Waals surface area contributed by atoms with E-state index in [1.54, 1.807) is 0 Å². The molecule has 0 aliphatic carbocycles. The van der Waals surface area contributed by atoms with E-state index in [4.69, 9.17) is 0 Å². The van der Waals surface area contributed by atoms with E-state index in [0.29, 0.717) is 11.8 Å².